The third-order valence-electron chi connectivity index (χ3n) is 2.81. The van der Waals surface area contributed by atoms with E-state index in [1.807, 2.05) is 18.2 Å². The molecule has 1 atom stereocenters. The fourth-order valence-corrected chi connectivity index (χ4v) is 1.97. The smallest absolute Gasteiger partial charge is 0.262 e. The molecule has 1 heterocycles. The largest absolute Gasteiger partial charge is 0.574 e. The Labute approximate surface area is 95.0 Å². The number of rotatable bonds is 1. The molecule has 0 aromatic heterocycles. The lowest BCUT2D eigenvalue weighted by Gasteiger charge is -2.18. The standard InChI is InChI=1S/C15H12O/c1-2-6-12(7-3-1)15-11-10-13-8-4-5-9-14(13)16-15/h1-11,15H/p+1. The lowest BCUT2D eigenvalue weighted by Crippen LogP contribution is -2.05. The summed E-state index contributed by atoms with van der Waals surface area (Å²) < 4.78 is 4.73. The molecule has 1 unspecified atom stereocenters. The van der Waals surface area contributed by atoms with Gasteiger partial charge in [0.1, 0.15) is 0 Å². The molecule has 0 saturated heterocycles. The number of aromatic hydroxyl groups is 1. The molecule has 1 nitrogen and oxygen atoms in total. The molecule has 0 aliphatic carbocycles. The van der Waals surface area contributed by atoms with Crippen molar-refractivity contribution in [3.63, 3.8) is 0 Å². The molecule has 0 radical (unpaired) electrons. The molecule has 1 aliphatic rings. The normalized spacial score (nSPS) is 17.6. The minimum absolute atomic E-state index is 0.163. The number of aliphatic hydroxyl groups is 1. The van der Waals surface area contributed by atoms with Gasteiger partial charge in [0.25, 0.3) is 5.75 Å². The van der Waals surface area contributed by atoms with Gasteiger partial charge in [-0.2, -0.15) is 0 Å². The summed E-state index contributed by atoms with van der Waals surface area (Å²) in [6.07, 6.45) is 4.47. The maximum atomic E-state index is 4.73. The van der Waals surface area contributed by atoms with E-state index in [4.69, 9.17) is 4.74 Å². The van der Waals surface area contributed by atoms with E-state index in [0.29, 0.717) is 0 Å². The Morgan fingerprint density at radius 3 is 2.44 bits per heavy atom. The van der Waals surface area contributed by atoms with Crippen LogP contribution in [0.2, 0.25) is 0 Å². The van der Waals surface area contributed by atoms with Gasteiger partial charge < -0.3 is 4.74 Å². The number of fused-ring (bicyclic) bond motifs is 1. The first kappa shape index (κ1) is 9.22. The summed E-state index contributed by atoms with van der Waals surface area (Å²) in [5, 5.41) is 0. The highest BCUT2D eigenvalue weighted by molar-refractivity contribution is 5.59. The first-order chi connectivity index (χ1) is 7.93. The monoisotopic (exact) mass is 209 g/mol. The lowest BCUT2D eigenvalue weighted by molar-refractivity contribution is 0.0133. The minimum atomic E-state index is 0.163. The lowest BCUT2D eigenvalue weighted by atomic mass is 10.0. The molecule has 0 amide bonds. The highest BCUT2D eigenvalue weighted by Gasteiger charge is 2.19. The van der Waals surface area contributed by atoms with Crippen LogP contribution in [0.1, 0.15) is 17.2 Å². The molecule has 1 aliphatic heterocycles. The molecule has 0 saturated carbocycles. The molecule has 0 fully saturated rings. The fourth-order valence-electron chi connectivity index (χ4n) is 1.97. The van der Waals surface area contributed by atoms with E-state index in [1.54, 1.807) is 0 Å². The zero-order valence-electron chi connectivity index (χ0n) is 8.88. The molecule has 16 heavy (non-hydrogen) atoms. The van der Waals surface area contributed by atoms with Gasteiger partial charge in [-0.25, -0.2) is 0 Å². The van der Waals surface area contributed by atoms with E-state index in [-0.39, 0.29) is 6.10 Å². The van der Waals surface area contributed by atoms with Gasteiger partial charge in [0.15, 0.2) is 0 Å². The molecule has 2 aromatic carbocycles. The van der Waals surface area contributed by atoms with Crippen molar-refractivity contribution >= 4 is 6.08 Å². The van der Waals surface area contributed by atoms with E-state index in [1.165, 1.54) is 11.1 Å². The third kappa shape index (κ3) is 1.61. The Kier molecular flexibility index (Phi) is 2.22. The molecular formula is C15H13O+. The van der Waals surface area contributed by atoms with Crippen LogP contribution < -0.4 is 0 Å². The predicted molar refractivity (Wildman–Crippen MR) is 66.3 cm³/mol. The van der Waals surface area contributed by atoms with Crippen molar-refractivity contribution in [2.45, 2.75) is 6.10 Å². The minimum Gasteiger partial charge on any atom is -0.574 e. The topological polar surface area (TPSA) is 12.8 Å². The molecule has 78 valence electrons. The Morgan fingerprint density at radius 1 is 0.812 bits per heavy atom. The zero-order chi connectivity index (χ0) is 10.8. The molecule has 2 aromatic rings. The Balaban J connectivity index is 1.95. The van der Waals surface area contributed by atoms with E-state index in [2.05, 4.69) is 48.6 Å². The van der Waals surface area contributed by atoms with E-state index >= 15 is 0 Å². The molecule has 3 rings (SSSR count). The van der Waals surface area contributed by atoms with Crippen LogP contribution in [0.5, 0.6) is 5.75 Å². The quantitative estimate of drug-likeness (QED) is 0.635. The van der Waals surface area contributed by atoms with Crippen LogP contribution in [-0.2, 0) is 0 Å². The van der Waals surface area contributed by atoms with Gasteiger partial charge in [-0.1, -0.05) is 30.3 Å². The first-order valence-electron chi connectivity index (χ1n) is 5.46. The number of hydrogen-bond acceptors (Lipinski definition) is 0. The van der Waals surface area contributed by atoms with Gasteiger partial charge in [-0.15, -0.1) is 0 Å². The average molecular weight is 209 g/mol. The van der Waals surface area contributed by atoms with Crippen LogP contribution in [0.15, 0.2) is 60.7 Å². The van der Waals surface area contributed by atoms with Gasteiger partial charge in [0.05, 0.1) is 5.56 Å². The highest BCUT2D eigenvalue weighted by atomic mass is 16.5. The van der Waals surface area contributed by atoms with Crippen LogP contribution in [-0.4, -0.2) is 4.74 Å². The van der Waals surface area contributed by atoms with Crippen LogP contribution in [0.3, 0.4) is 0 Å². The SMILES string of the molecule is C1=CC(c2ccccc2)[OH+]c2ccccc21. The van der Waals surface area contributed by atoms with Crippen molar-refractivity contribution in [2.24, 2.45) is 0 Å². The summed E-state index contributed by atoms with van der Waals surface area (Å²) in [6, 6.07) is 18.6. The van der Waals surface area contributed by atoms with Gasteiger partial charge in [0, 0.05) is 17.7 Å². The Hall–Kier alpha value is -2.02. The predicted octanol–water partition coefficient (Wildman–Crippen LogP) is 3.70. The van der Waals surface area contributed by atoms with E-state index in [9.17, 15) is 0 Å². The van der Waals surface area contributed by atoms with Gasteiger partial charge >= 0.3 is 0 Å². The second-order valence-electron chi connectivity index (χ2n) is 3.90. The average Bonchev–Trinajstić information content (AvgIpc) is 2.39. The summed E-state index contributed by atoms with van der Waals surface area (Å²) in [5.74, 6) is 1.08. The van der Waals surface area contributed by atoms with Crippen LogP contribution >= 0.6 is 0 Å². The number of para-hydroxylation sites is 1. The maximum absolute atomic E-state index is 4.73. The van der Waals surface area contributed by atoms with Crippen LogP contribution in [0.4, 0.5) is 0 Å². The fraction of sp³-hybridized carbons (Fsp3) is 0.0667. The summed E-state index contributed by atoms with van der Waals surface area (Å²) in [4.78, 5) is 0. The number of ether oxygens (including phenoxy) is 1. The van der Waals surface area contributed by atoms with Gasteiger partial charge in [-0.3, -0.25) is 0 Å². The van der Waals surface area contributed by atoms with E-state index in [0.717, 1.165) is 5.75 Å². The molecule has 0 spiro atoms. The summed E-state index contributed by atoms with van der Waals surface area (Å²) in [6.45, 7) is 0. The Bertz CT molecular complexity index is 514. The van der Waals surface area contributed by atoms with Gasteiger partial charge in [0.2, 0.25) is 6.10 Å². The molecule has 1 heteroatoms. The van der Waals surface area contributed by atoms with Crippen molar-refractivity contribution in [2.75, 3.05) is 0 Å². The second kappa shape index (κ2) is 3.86. The Morgan fingerprint density at radius 2 is 1.56 bits per heavy atom. The second-order valence-corrected chi connectivity index (χ2v) is 3.90. The van der Waals surface area contributed by atoms with Crippen molar-refractivity contribution in [1.82, 2.24) is 0 Å². The van der Waals surface area contributed by atoms with Gasteiger partial charge in [-0.05, 0) is 24.3 Å². The van der Waals surface area contributed by atoms with E-state index < -0.39 is 0 Å². The number of benzene rings is 2. The van der Waals surface area contributed by atoms with Crippen LogP contribution in [0, 0.1) is 0 Å². The van der Waals surface area contributed by atoms with Crippen molar-refractivity contribution < 1.29 is 4.74 Å². The van der Waals surface area contributed by atoms with Crippen molar-refractivity contribution in [3.8, 4) is 5.75 Å². The molecule has 1 N–H and O–H groups in total. The first-order valence-corrected chi connectivity index (χ1v) is 5.46. The number of hydrogen-bond donors (Lipinski definition) is 0. The maximum Gasteiger partial charge on any atom is 0.262 e. The molecular weight excluding hydrogens is 196 g/mol. The van der Waals surface area contributed by atoms with Crippen molar-refractivity contribution in [1.29, 1.82) is 0 Å². The summed E-state index contributed by atoms with van der Waals surface area (Å²) in [5.41, 5.74) is 2.45. The van der Waals surface area contributed by atoms with Crippen LogP contribution in [0.25, 0.3) is 6.08 Å². The highest BCUT2D eigenvalue weighted by Crippen LogP contribution is 2.33. The van der Waals surface area contributed by atoms with Crippen molar-refractivity contribution in [3.05, 3.63) is 71.8 Å². The third-order valence-corrected chi connectivity index (χ3v) is 2.81. The summed E-state index contributed by atoms with van der Waals surface area (Å²) in [7, 11) is 0. The molecule has 0 bridgehead atoms. The summed E-state index contributed by atoms with van der Waals surface area (Å²) >= 11 is 0. The zero-order valence-corrected chi connectivity index (χ0v) is 8.88.